The Labute approximate surface area is 127 Å². The zero-order chi connectivity index (χ0) is 15.1. The molecular weight excluding hydrogens is 275 g/mol. The lowest BCUT2D eigenvalue weighted by atomic mass is 9.86. The highest BCUT2D eigenvalue weighted by molar-refractivity contribution is 6.57. The molecule has 0 saturated carbocycles. The lowest BCUT2D eigenvalue weighted by Gasteiger charge is -2.08. The summed E-state index contributed by atoms with van der Waals surface area (Å²) in [5, 5.41) is 20.7. The number of aromatic nitrogens is 2. The Balaban J connectivity index is 2.04. The molecule has 0 bridgehead atoms. The summed E-state index contributed by atoms with van der Waals surface area (Å²) in [6, 6.07) is 19.9. The van der Waals surface area contributed by atoms with E-state index in [0.717, 1.165) is 16.7 Å². The third-order valence-corrected chi connectivity index (χ3v) is 3.87. The van der Waals surface area contributed by atoms with E-state index < -0.39 is 7.12 Å². The van der Waals surface area contributed by atoms with Crippen molar-refractivity contribution in [1.29, 1.82) is 0 Å². The molecule has 4 aromatic rings. The van der Waals surface area contributed by atoms with Gasteiger partial charge in [0.1, 0.15) is 0 Å². The molecule has 0 saturated heterocycles. The Hall–Kier alpha value is -2.63. The van der Waals surface area contributed by atoms with Crippen molar-refractivity contribution in [1.82, 2.24) is 9.55 Å². The highest BCUT2D eigenvalue weighted by Gasteiger charge is 2.14. The van der Waals surface area contributed by atoms with Crippen LogP contribution in [0.15, 0.2) is 66.9 Å². The maximum absolute atomic E-state index is 9.17. The van der Waals surface area contributed by atoms with Gasteiger partial charge in [-0.2, -0.15) is 0 Å². The molecule has 2 N–H and O–H groups in total. The van der Waals surface area contributed by atoms with E-state index in [9.17, 15) is 10.0 Å². The Morgan fingerprint density at radius 1 is 0.773 bits per heavy atom. The van der Waals surface area contributed by atoms with E-state index >= 15 is 0 Å². The van der Waals surface area contributed by atoms with E-state index in [1.54, 1.807) is 12.3 Å². The standard InChI is InChI=1S/C17H13BN2O2/c21-18(22)17-10-9-12(11-19-17)20-15-7-3-1-5-13(15)14-6-2-4-8-16(14)20/h1-11,21-22H. The van der Waals surface area contributed by atoms with E-state index in [1.807, 2.05) is 30.3 Å². The molecule has 4 rings (SSSR count). The predicted octanol–water partition coefficient (Wildman–Crippen LogP) is 1.86. The molecule has 0 aliphatic carbocycles. The van der Waals surface area contributed by atoms with E-state index in [2.05, 4.69) is 33.8 Å². The molecule has 106 valence electrons. The number of pyridine rings is 1. The molecule has 22 heavy (non-hydrogen) atoms. The summed E-state index contributed by atoms with van der Waals surface area (Å²) < 4.78 is 2.13. The van der Waals surface area contributed by atoms with Crippen molar-refractivity contribution in [2.45, 2.75) is 0 Å². The van der Waals surface area contributed by atoms with E-state index in [1.165, 1.54) is 10.8 Å². The van der Waals surface area contributed by atoms with Crippen LogP contribution in [-0.4, -0.2) is 26.7 Å². The number of fused-ring (bicyclic) bond motifs is 3. The van der Waals surface area contributed by atoms with Crippen molar-refractivity contribution in [2.24, 2.45) is 0 Å². The smallest absolute Gasteiger partial charge is 0.422 e. The first-order valence-corrected chi connectivity index (χ1v) is 7.06. The number of hydrogen-bond acceptors (Lipinski definition) is 3. The SMILES string of the molecule is OB(O)c1ccc(-n2c3ccccc3c3ccccc32)cn1. The van der Waals surface area contributed by atoms with E-state index in [4.69, 9.17) is 0 Å². The minimum Gasteiger partial charge on any atom is -0.422 e. The average molecular weight is 288 g/mol. The normalized spacial score (nSPS) is 11.2. The van der Waals surface area contributed by atoms with Crippen LogP contribution < -0.4 is 5.59 Å². The van der Waals surface area contributed by atoms with Crippen LogP contribution in [0.3, 0.4) is 0 Å². The Morgan fingerprint density at radius 2 is 1.36 bits per heavy atom. The van der Waals surface area contributed by atoms with Gasteiger partial charge in [0, 0.05) is 10.8 Å². The molecule has 0 fully saturated rings. The molecule has 0 aliphatic heterocycles. The van der Waals surface area contributed by atoms with Crippen molar-refractivity contribution in [3.8, 4) is 5.69 Å². The molecule has 2 heterocycles. The van der Waals surface area contributed by atoms with E-state index in [-0.39, 0.29) is 5.59 Å². The Kier molecular flexibility index (Phi) is 2.96. The summed E-state index contributed by atoms with van der Waals surface area (Å²) in [7, 11) is -1.55. The van der Waals surface area contributed by atoms with Gasteiger partial charge in [0.05, 0.1) is 28.5 Å². The second-order valence-electron chi connectivity index (χ2n) is 5.18. The second-order valence-corrected chi connectivity index (χ2v) is 5.18. The third-order valence-electron chi connectivity index (χ3n) is 3.87. The van der Waals surface area contributed by atoms with Crippen molar-refractivity contribution < 1.29 is 10.0 Å². The van der Waals surface area contributed by atoms with Crippen LogP contribution >= 0.6 is 0 Å². The van der Waals surface area contributed by atoms with Crippen molar-refractivity contribution in [3.05, 3.63) is 66.9 Å². The highest BCUT2D eigenvalue weighted by Crippen LogP contribution is 2.31. The van der Waals surface area contributed by atoms with Crippen LogP contribution in [0.1, 0.15) is 0 Å². The van der Waals surface area contributed by atoms with Crippen LogP contribution in [0, 0.1) is 0 Å². The van der Waals surface area contributed by atoms with Crippen LogP contribution in [0.4, 0.5) is 0 Å². The minimum atomic E-state index is -1.55. The maximum atomic E-state index is 9.17. The molecular formula is C17H13BN2O2. The molecule has 0 spiro atoms. The minimum absolute atomic E-state index is 0.240. The summed E-state index contributed by atoms with van der Waals surface area (Å²) in [6.45, 7) is 0. The topological polar surface area (TPSA) is 58.3 Å². The number of para-hydroxylation sites is 2. The summed E-state index contributed by atoms with van der Waals surface area (Å²) >= 11 is 0. The third kappa shape index (κ3) is 1.91. The van der Waals surface area contributed by atoms with Gasteiger partial charge in [0.25, 0.3) is 0 Å². The van der Waals surface area contributed by atoms with Gasteiger partial charge in [-0.1, -0.05) is 36.4 Å². The molecule has 2 aromatic carbocycles. The number of rotatable bonds is 2. The van der Waals surface area contributed by atoms with E-state index in [0.29, 0.717) is 0 Å². The fraction of sp³-hybridized carbons (Fsp3) is 0. The lowest BCUT2D eigenvalue weighted by Crippen LogP contribution is -2.32. The van der Waals surface area contributed by atoms with Crippen LogP contribution in [0.5, 0.6) is 0 Å². The zero-order valence-electron chi connectivity index (χ0n) is 11.7. The van der Waals surface area contributed by atoms with Gasteiger partial charge in [-0.15, -0.1) is 0 Å². The fourth-order valence-corrected chi connectivity index (χ4v) is 2.88. The highest BCUT2D eigenvalue weighted by atomic mass is 16.4. The second kappa shape index (κ2) is 4.98. The summed E-state index contributed by atoms with van der Waals surface area (Å²) in [5.74, 6) is 0. The summed E-state index contributed by atoms with van der Waals surface area (Å²) in [6.07, 6.45) is 1.66. The average Bonchev–Trinajstić information content (AvgIpc) is 2.89. The molecule has 0 atom stereocenters. The monoisotopic (exact) mass is 288 g/mol. The largest absolute Gasteiger partial charge is 0.508 e. The quantitative estimate of drug-likeness (QED) is 0.553. The first kappa shape index (κ1) is 13.1. The van der Waals surface area contributed by atoms with Gasteiger partial charge in [-0.05, 0) is 24.3 Å². The molecule has 4 nitrogen and oxygen atoms in total. The van der Waals surface area contributed by atoms with Crippen molar-refractivity contribution >= 4 is 34.5 Å². The molecule has 0 aliphatic rings. The zero-order valence-corrected chi connectivity index (χ0v) is 11.7. The van der Waals surface area contributed by atoms with Gasteiger partial charge in [0.15, 0.2) is 0 Å². The van der Waals surface area contributed by atoms with Crippen LogP contribution in [-0.2, 0) is 0 Å². The van der Waals surface area contributed by atoms with Crippen LogP contribution in [0.2, 0.25) is 0 Å². The van der Waals surface area contributed by atoms with Crippen LogP contribution in [0.25, 0.3) is 27.5 Å². The molecule has 0 unspecified atom stereocenters. The molecule has 0 radical (unpaired) electrons. The maximum Gasteiger partial charge on any atom is 0.508 e. The fourth-order valence-electron chi connectivity index (χ4n) is 2.88. The van der Waals surface area contributed by atoms with Gasteiger partial charge in [0.2, 0.25) is 0 Å². The number of benzene rings is 2. The van der Waals surface area contributed by atoms with Crippen molar-refractivity contribution in [2.75, 3.05) is 0 Å². The number of hydrogen-bond donors (Lipinski definition) is 2. The Morgan fingerprint density at radius 3 is 1.86 bits per heavy atom. The predicted molar refractivity (Wildman–Crippen MR) is 88.4 cm³/mol. The van der Waals surface area contributed by atoms with Gasteiger partial charge >= 0.3 is 7.12 Å². The van der Waals surface area contributed by atoms with Gasteiger partial charge < -0.3 is 14.6 Å². The van der Waals surface area contributed by atoms with Gasteiger partial charge in [-0.25, -0.2) is 0 Å². The molecule has 5 heteroatoms. The summed E-state index contributed by atoms with van der Waals surface area (Å²) in [5.41, 5.74) is 3.33. The molecule has 2 aromatic heterocycles. The van der Waals surface area contributed by atoms with Crippen molar-refractivity contribution in [3.63, 3.8) is 0 Å². The first-order valence-electron chi connectivity index (χ1n) is 7.06. The molecule has 0 amide bonds. The summed E-state index contributed by atoms with van der Waals surface area (Å²) in [4.78, 5) is 4.13. The lowest BCUT2D eigenvalue weighted by molar-refractivity contribution is 0.424. The first-order chi connectivity index (χ1) is 10.8. The Bertz CT molecular complexity index is 908. The number of nitrogens with zero attached hydrogens (tertiary/aromatic N) is 2. The van der Waals surface area contributed by atoms with Gasteiger partial charge in [-0.3, -0.25) is 4.98 Å².